The van der Waals surface area contributed by atoms with Crippen molar-refractivity contribution in [1.82, 2.24) is 4.90 Å². The van der Waals surface area contributed by atoms with Gasteiger partial charge in [0.1, 0.15) is 5.75 Å². The fourth-order valence-electron chi connectivity index (χ4n) is 3.93. The fraction of sp³-hybridized carbons (Fsp3) is 0.632. The van der Waals surface area contributed by atoms with Gasteiger partial charge in [0.25, 0.3) is 0 Å². The summed E-state index contributed by atoms with van der Waals surface area (Å²) in [4.78, 5) is 14.5. The number of benzene rings is 1. The number of carbonyl (C=O) groups excluding carboxylic acids is 1. The van der Waals surface area contributed by atoms with E-state index in [4.69, 9.17) is 14.2 Å². The van der Waals surface area contributed by atoms with E-state index in [1.807, 2.05) is 35.2 Å². The van der Waals surface area contributed by atoms with Gasteiger partial charge in [0.15, 0.2) is 0 Å². The average Bonchev–Trinajstić information content (AvgIpc) is 2.62. The normalized spacial score (nSPS) is 26.7. The molecule has 2 heterocycles. The third-order valence-corrected chi connectivity index (χ3v) is 5.10. The molecule has 5 heteroatoms. The van der Waals surface area contributed by atoms with Gasteiger partial charge < -0.3 is 19.1 Å². The van der Waals surface area contributed by atoms with Crippen LogP contribution in [0.5, 0.6) is 5.75 Å². The molecule has 5 nitrogen and oxygen atoms in total. The first kappa shape index (κ1) is 17.2. The van der Waals surface area contributed by atoms with Gasteiger partial charge in [0.2, 0.25) is 5.91 Å². The van der Waals surface area contributed by atoms with Gasteiger partial charge in [-0.3, -0.25) is 4.79 Å². The van der Waals surface area contributed by atoms with Crippen LogP contribution in [0.2, 0.25) is 0 Å². The number of rotatable bonds is 6. The van der Waals surface area contributed by atoms with Crippen molar-refractivity contribution in [2.45, 2.75) is 31.8 Å². The lowest BCUT2D eigenvalue weighted by Gasteiger charge is -2.50. The summed E-state index contributed by atoms with van der Waals surface area (Å²) < 4.78 is 17.1. The second-order valence-electron chi connectivity index (χ2n) is 6.77. The summed E-state index contributed by atoms with van der Waals surface area (Å²) in [5.41, 5.74) is -0.0405. The van der Waals surface area contributed by atoms with Crippen LogP contribution >= 0.6 is 0 Å². The highest BCUT2D eigenvalue weighted by Crippen LogP contribution is 2.40. The Labute approximate surface area is 143 Å². The Kier molecular flexibility index (Phi) is 5.74. The van der Waals surface area contributed by atoms with E-state index in [-0.39, 0.29) is 17.4 Å². The second kappa shape index (κ2) is 7.99. The maximum Gasteiger partial charge on any atom is 0.226 e. The number of methoxy groups -OCH3 is 1. The number of para-hydroxylation sites is 1. The Hall–Kier alpha value is -1.59. The molecular formula is C19H27NO4. The molecule has 2 fully saturated rings. The van der Waals surface area contributed by atoms with E-state index >= 15 is 0 Å². The van der Waals surface area contributed by atoms with Crippen LogP contribution in [0.15, 0.2) is 30.3 Å². The van der Waals surface area contributed by atoms with Crippen molar-refractivity contribution >= 4 is 5.91 Å². The van der Waals surface area contributed by atoms with Crippen LogP contribution in [0.1, 0.15) is 25.7 Å². The van der Waals surface area contributed by atoms with Crippen molar-refractivity contribution < 1.29 is 19.0 Å². The Morgan fingerprint density at radius 2 is 2.21 bits per heavy atom. The third kappa shape index (κ3) is 3.90. The molecule has 1 aromatic carbocycles. The molecule has 1 aromatic rings. The lowest BCUT2D eigenvalue weighted by molar-refractivity contribution is -0.162. The largest absolute Gasteiger partial charge is 0.493 e. The highest BCUT2D eigenvalue weighted by molar-refractivity contribution is 5.76. The third-order valence-electron chi connectivity index (χ3n) is 5.10. The standard InChI is InChI=1S/C19H27NO4/c1-22-15-19-10-5-12-24-17(19)8-11-20(14-19)18(21)9-13-23-16-6-3-2-4-7-16/h2-4,6-7,17H,5,8-15H2,1H3. The van der Waals surface area contributed by atoms with Crippen molar-refractivity contribution in [2.24, 2.45) is 5.41 Å². The molecule has 0 saturated carbocycles. The van der Waals surface area contributed by atoms with Gasteiger partial charge in [-0.1, -0.05) is 18.2 Å². The summed E-state index contributed by atoms with van der Waals surface area (Å²) in [5, 5.41) is 0. The number of ether oxygens (including phenoxy) is 3. The smallest absolute Gasteiger partial charge is 0.226 e. The molecule has 3 rings (SSSR count). The van der Waals surface area contributed by atoms with Gasteiger partial charge in [0, 0.05) is 32.2 Å². The van der Waals surface area contributed by atoms with Crippen LogP contribution in [0.3, 0.4) is 0 Å². The van der Waals surface area contributed by atoms with Gasteiger partial charge in [-0.15, -0.1) is 0 Å². The number of hydrogen-bond acceptors (Lipinski definition) is 4. The molecule has 0 aromatic heterocycles. The van der Waals surface area contributed by atoms with Gasteiger partial charge in [-0.05, 0) is 31.4 Å². The topological polar surface area (TPSA) is 48.0 Å². The summed E-state index contributed by atoms with van der Waals surface area (Å²) in [6.45, 7) is 3.39. The lowest BCUT2D eigenvalue weighted by Crippen LogP contribution is -2.58. The van der Waals surface area contributed by atoms with Gasteiger partial charge >= 0.3 is 0 Å². The average molecular weight is 333 g/mol. The molecule has 2 aliphatic rings. The van der Waals surface area contributed by atoms with Crippen molar-refractivity contribution in [1.29, 1.82) is 0 Å². The van der Waals surface area contributed by atoms with Crippen LogP contribution in [0.25, 0.3) is 0 Å². The summed E-state index contributed by atoms with van der Waals surface area (Å²) in [6.07, 6.45) is 3.63. The maximum atomic E-state index is 12.6. The predicted molar refractivity (Wildman–Crippen MR) is 91.0 cm³/mol. The van der Waals surface area contributed by atoms with Crippen molar-refractivity contribution in [3.8, 4) is 5.75 Å². The monoisotopic (exact) mass is 333 g/mol. The molecule has 0 bridgehead atoms. The van der Waals surface area contributed by atoms with E-state index in [9.17, 15) is 4.79 Å². The second-order valence-corrected chi connectivity index (χ2v) is 6.77. The molecule has 24 heavy (non-hydrogen) atoms. The van der Waals surface area contributed by atoms with Gasteiger partial charge in [-0.2, -0.15) is 0 Å². The zero-order valence-electron chi connectivity index (χ0n) is 14.4. The zero-order valence-corrected chi connectivity index (χ0v) is 14.4. The molecule has 2 saturated heterocycles. The number of amides is 1. The Balaban J connectivity index is 1.53. The number of fused-ring (bicyclic) bond motifs is 1. The Bertz CT molecular complexity index is 531. The molecule has 132 valence electrons. The minimum absolute atomic E-state index is 0.0405. The SMILES string of the molecule is COCC12CCCOC1CCN(C(=O)CCOc1ccccc1)C2. The summed E-state index contributed by atoms with van der Waals surface area (Å²) >= 11 is 0. The molecule has 2 unspecified atom stereocenters. The molecule has 0 radical (unpaired) electrons. The van der Waals surface area contributed by atoms with Crippen LogP contribution in [-0.4, -0.2) is 56.9 Å². The summed E-state index contributed by atoms with van der Waals surface area (Å²) in [7, 11) is 1.73. The van der Waals surface area contributed by atoms with Crippen LogP contribution in [0, 0.1) is 5.41 Å². The number of likely N-dealkylation sites (tertiary alicyclic amines) is 1. The van der Waals surface area contributed by atoms with E-state index in [1.165, 1.54) is 0 Å². The van der Waals surface area contributed by atoms with Crippen LogP contribution in [-0.2, 0) is 14.3 Å². The fourth-order valence-corrected chi connectivity index (χ4v) is 3.93. The highest BCUT2D eigenvalue weighted by atomic mass is 16.5. The minimum atomic E-state index is -0.0405. The molecule has 0 spiro atoms. The maximum absolute atomic E-state index is 12.6. The quantitative estimate of drug-likeness (QED) is 0.802. The first-order valence-corrected chi connectivity index (χ1v) is 8.80. The van der Waals surface area contributed by atoms with E-state index in [0.29, 0.717) is 19.6 Å². The zero-order chi connectivity index (χ0) is 16.8. The van der Waals surface area contributed by atoms with E-state index in [0.717, 1.165) is 44.7 Å². The first-order valence-electron chi connectivity index (χ1n) is 8.80. The number of piperidine rings is 1. The van der Waals surface area contributed by atoms with E-state index in [1.54, 1.807) is 7.11 Å². The van der Waals surface area contributed by atoms with E-state index in [2.05, 4.69) is 0 Å². The first-order chi connectivity index (χ1) is 11.7. The Morgan fingerprint density at radius 1 is 1.38 bits per heavy atom. The molecule has 2 atom stereocenters. The van der Waals surface area contributed by atoms with Crippen LogP contribution < -0.4 is 4.74 Å². The van der Waals surface area contributed by atoms with Gasteiger partial charge in [0.05, 0.1) is 25.7 Å². The lowest BCUT2D eigenvalue weighted by atomic mass is 9.73. The molecule has 1 amide bonds. The van der Waals surface area contributed by atoms with Crippen molar-refractivity contribution in [2.75, 3.05) is 40.0 Å². The van der Waals surface area contributed by atoms with Gasteiger partial charge in [-0.25, -0.2) is 0 Å². The van der Waals surface area contributed by atoms with E-state index < -0.39 is 0 Å². The van der Waals surface area contributed by atoms with Crippen molar-refractivity contribution in [3.05, 3.63) is 30.3 Å². The molecular weight excluding hydrogens is 306 g/mol. The number of hydrogen-bond donors (Lipinski definition) is 0. The molecule has 0 N–H and O–H groups in total. The molecule has 0 aliphatic carbocycles. The predicted octanol–water partition coefficient (Wildman–Crippen LogP) is 2.50. The number of carbonyl (C=O) groups is 1. The molecule has 2 aliphatic heterocycles. The number of nitrogens with zero attached hydrogens (tertiary/aromatic N) is 1. The summed E-state index contributed by atoms with van der Waals surface area (Å²) in [5.74, 6) is 0.964. The summed E-state index contributed by atoms with van der Waals surface area (Å²) in [6, 6.07) is 9.62. The highest BCUT2D eigenvalue weighted by Gasteiger charge is 2.46. The Morgan fingerprint density at radius 3 is 3.00 bits per heavy atom. The minimum Gasteiger partial charge on any atom is -0.493 e. The van der Waals surface area contributed by atoms with Crippen molar-refractivity contribution in [3.63, 3.8) is 0 Å². The van der Waals surface area contributed by atoms with Crippen LogP contribution in [0.4, 0.5) is 0 Å².